The number of nitrogens with zero attached hydrogens (tertiary/aromatic N) is 2. The summed E-state index contributed by atoms with van der Waals surface area (Å²) in [7, 11) is 0. The summed E-state index contributed by atoms with van der Waals surface area (Å²) >= 11 is 0. The van der Waals surface area contributed by atoms with Crippen LogP contribution in [-0.4, -0.2) is 21.9 Å². The molecule has 8 nitrogen and oxygen atoms in total. The van der Waals surface area contributed by atoms with E-state index in [1.807, 2.05) is 0 Å². The van der Waals surface area contributed by atoms with Gasteiger partial charge in [0.25, 0.3) is 5.69 Å². The van der Waals surface area contributed by atoms with Crippen molar-refractivity contribution < 1.29 is 19.4 Å². The van der Waals surface area contributed by atoms with Crippen molar-refractivity contribution in [1.29, 1.82) is 0 Å². The third-order valence-corrected chi connectivity index (χ3v) is 3.92. The molecule has 114 valence electrons. The molecular formula is C14H12N2O6. The number of hydrogen-bond acceptors (Lipinski definition) is 6. The molecule has 0 spiro atoms. The lowest BCUT2D eigenvalue weighted by molar-refractivity contribution is -0.570. The summed E-state index contributed by atoms with van der Waals surface area (Å²) in [5.41, 5.74) is 0.488. The maximum absolute atomic E-state index is 12.2. The fourth-order valence-electron chi connectivity index (χ4n) is 2.99. The Morgan fingerprint density at radius 3 is 2.64 bits per heavy atom. The molecule has 2 aliphatic rings. The first-order valence-electron chi connectivity index (χ1n) is 6.80. The summed E-state index contributed by atoms with van der Waals surface area (Å²) in [6.07, 6.45) is -0.00684. The fourth-order valence-corrected chi connectivity index (χ4v) is 2.99. The standard InChI is InChI=1S/C14H12N2O6/c17-10-5-2-6-11-13(10)12(14(22-11)16(20)21)8-3-1-4-9(7-8)15(18)19/h1,3-4,7,12,14H,2,5-6H2/t12-,14+/m1/s1. The van der Waals surface area contributed by atoms with Gasteiger partial charge >= 0.3 is 6.23 Å². The lowest BCUT2D eigenvalue weighted by atomic mass is 9.83. The van der Waals surface area contributed by atoms with Crippen molar-refractivity contribution in [3.63, 3.8) is 0 Å². The Hall–Kier alpha value is -2.77. The van der Waals surface area contributed by atoms with Gasteiger partial charge in [-0.25, -0.2) is 0 Å². The van der Waals surface area contributed by atoms with E-state index in [0.29, 0.717) is 36.2 Å². The van der Waals surface area contributed by atoms with Crippen LogP contribution in [0.1, 0.15) is 30.7 Å². The van der Waals surface area contributed by atoms with E-state index in [4.69, 9.17) is 4.74 Å². The highest BCUT2D eigenvalue weighted by molar-refractivity contribution is 5.98. The van der Waals surface area contributed by atoms with Crippen LogP contribution < -0.4 is 0 Å². The van der Waals surface area contributed by atoms with E-state index in [9.17, 15) is 25.0 Å². The predicted octanol–water partition coefficient (Wildman–Crippen LogP) is 2.32. The molecule has 8 heteroatoms. The van der Waals surface area contributed by atoms with Crippen molar-refractivity contribution in [2.75, 3.05) is 0 Å². The van der Waals surface area contributed by atoms with Gasteiger partial charge in [-0.15, -0.1) is 0 Å². The van der Waals surface area contributed by atoms with Gasteiger partial charge in [0.15, 0.2) is 5.78 Å². The molecule has 0 saturated heterocycles. The Bertz CT molecular complexity index is 711. The third kappa shape index (κ3) is 2.22. The second-order valence-electron chi connectivity index (χ2n) is 5.24. The number of nitro groups is 2. The number of allylic oxidation sites excluding steroid dienone is 1. The Morgan fingerprint density at radius 2 is 1.95 bits per heavy atom. The zero-order valence-corrected chi connectivity index (χ0v) is 11.4. The number of carbonyl (C=O) groups is 1. The van der Waals surface area contributed by atoms with Crippen LogP contribution in [0.5, 0.6) is 0 Å². The number of rotatable bonds is 3. The van der Waals surface area contributed by atoms with Crippen LogP contribution in [0.2, 0.25) is 0 Å². The van der Waals surface area contributed by atoms with Gasteiger partial charge in [0.1, 0.15) is 11.7 Å². The molecule has 0 radical (unpaired) electrons. The molecular weight excluding hydrogens is 292 g/mol. The Balaban J connectivity index is 2.09. The second-order valence-corrected chi connectivity index (χ2v) is 5.24. The van der Waals surface area contributed by atoms with Crippen molar-refractivity contribution in [1.82, 2.24) is 0 Å². The smallest absolute Gasteiger partial charge is 0.364 e. The van der Waals surface area contributed by atoms with Gasteiger partial charge in [-0.1, -0.05) is 12.1 Å². The van der Waals surface area contributed by atoms with Crippen LogP contribution in [0, 0.1) is 20.2 Å². The Labute approximate surface area is 124 Å². The minimum Gasteiger partial charge on any atom is -0.433 e. The molecule has 0 unspecified atom stereocenters. The molecule has 0 bridgehead atoms. The van der Waals surface area contributed by atoms with Crippen molar-refractivity contribution in [2.45, 2.75) is 31.4 Å². The number of hydrogen-bond donors (Lipinski definition) is 0. The summed E-state index contributed by atoms with van der Waals surface area (Å²) in [5, 5.41) is 22.2. The summed E-state index contributed by atoms with van der Waals surface area (Å²) < 4.78 is 5.35. The first-order valence-corrected chi connectivity index (χ1v) is 6.80. The lowest BCUT2D eigenvalue weighted by Crippen LogP contribution is -2.27. The number of benzene rings is 1. The average molecular weight is 304 g/mol. The summed E-state index contributed by atoms with van der Waals surface area (Å²) in [5.74, 6) is -0.714. The van der Waals surface area contributed by atoms with Gasteiger partial charge in [-0.05, 0) is 12.0 Å². The SMILES string of the molecule is O=C1CCCC2=C1[C@@H](c1cccc([N+](=O)[O-])c1)[C@@H]([N+](=O)[O-])O2. The van der Waals surface area contributed by atoms with Gasteiger partial charge in [0, 0.05) is 25.0 Å². The van der Waals surface area contributed by atoms with Crippen molar-refractivity contribution in [3.05, 3.63) is 61.4 Å². The highest BCUT2D eigenvalue weighted by Gasteiger charge is 2.49. The molecule has 0 amide bonds. The zero-order chi connectivity index (χ0) is 15.9. The predicted molar refractivity (Wildman–Crippen MR) is 73.6 cm³/mol. The molecule has 3 rings (SSSR count). The third-order valence-electron chi connectivity index (χ3n) is 3.92. The number of ether oxygens (including phenoxy) is 1. The van der Waals surface area contributed by atoms with E-state index in [-0.39, 0.29) is 11.5 Å². The molecule has 0 aromatic heterocycles. The Morgan fingerprint density at radius 1 is 1.18 bits per heavy atom. The number of non-ortho nitro benzene ring substituents is 1. The summed E-state index contributed by atoms with van der Waals surface area (Å²) in [4.78, 5) is 33.1. The molecule has 0 fully saturated rings. The highest BCUT2D eigenvalue weighted by Crippen LogP contribution is 2.44. The van der Waals surface area contributed by atoms with Gasteiger partial charge in [0.2, 0.25) is 0 Å². The van der Waals surface area contributed by atoms with E-state index in [2.05, 4.69) is 0 Å². The van der Waals surface area contributed by atoms with Crippen LogP contribution in [0.25, 0.3) is 0 Å². The van der Waals surface area contributed by atoms with Crippen LogP contribution in [0.15, 0.2) is 35.6 Å². The van der Waals surface area contributed by atoms with Crippen molar-refractivity contribution in [3.8, 4) is 0 Å². The number of nitro benzene ring substituents is 1. The molecule has 0 saturated carbocycles. The van der Waals surface area contributed by atoms with Crippen molar-refractivity contribution >= 4 is 11.5 Å². The van der Waals surface area contributed by atoms with E-state index in [1.165, 1.54) is 18.2 Å². The van der Waals surface area contributed by atoms with Crippen molar-refractivity contribution in [2.24, 2.45) is 0 Å². The molecule has 0 N–H and O–H groups in total. The maximum Gasteiger partial charge on any atom is 0.364 e. The molecule has 1 aliphatic carbocycles. The van der Waals surface area contributed by atoms with E-state index < -0.39 is 22.0 Å². The summed E-state index contributed by atoms with van der Waals surface area (Å²) in [6.45, 7) is 0. The first-order chi connectivity index (χ1) is 10.5. The van der Waals surface area contributed by atoms with E-state index >= 15 is 0 Å². The fraction of sp³-hybridized carbons (Fsp3) is 0.357. The van der Waals surface area contributed by atoms with Crippen LogP contribution in [0.3, 0.4) is 0 Å². The van der Waals surface area contributed by atoms with Crippen LogP contribution >= 0.6 is 0 Å². The van der Waals surface area contributed by atoms with Gasteiger partial charge in [-0.2, -0.15) is 0 Å². The largest absolute Gasteiger partial charge is 0.433 e. The van der Waals surface area contributed by atoms with Gasteiger partial charge in [-0.3, -0.25) is 25.0 Å². The quantitative estimate of drug-likeness (QED) is 0.625. The lowest BCUT2D eigenvalue weighted by Gasteiger charge is -2.15. The number of ketones is 1. The number of carbonyl (C=O) groups excluding carboxylic acids is 1. The van der Waals surface area contributed by atoms with Crippen LogP contribution in [-0.2, 0) is 9.53 Å². The zero-order valence-electron chi connectivity index (χ0n) is 11.4. The minimum absolute atomic E-state index is 0.170. The molecule has 2 atom stereocenters. The van der Waals surface area contributed by atoms with Crippen LogP contribution in [0.4, 0.5) is 5.69 Å². The van der Waals surface area contributed by atoms with E-state index in [0.717, 1.165) is 0 Å². The van der Waals surface area contributed by atoms with E-state index in [1.54, 1.807) is 6.07 Å². The molecule has 22 heavy (non-hydrogen) atoms. The first kappa shape index (κ1) is 14.2. The number of Topliss-reactive ketones (excluding diaryl/α,β-unsaturated/α-hetero) is 1. The topological polar surface area (TPSA) is 113 Å². The Kier molecular flexibility index (Phi) is 3.36. The molecule has 1 aromatic carbocycles. The van der Waals surface area contributed by atoms with Gasteiger partial charge in [0.05, 0.1) is 15.4 Å². The second kappa shape index (κ2) is 5.21. The summed E-state index contributed by atoms with van der Waals surface area (Å²) in [6, 6.07) is 5.58. The highest BCUT2D eigenvalue weighted by atomic mass is 16.7. The molecule has 1 aliphatic heterocycles. The maximum atomic E-state index is 12.2. The monoisotopic (exact) mass is 304 g/mol. The molecule has 1 aromatic rings. The minimum atomic E-state index is -1.41. The normalized spacial score (nSPS) is 23.9. The molecule has 1 heterocycles. The van der Waals surface area contributed by atoms with Gasteiger partial charge < -0.3 is 4.74 Å². The average Bonchev–Trinajstić information content (AvgIpc) is 2.88.